The Labute approximate surface area is 175 Å². The standard InChI is InChI=1S/C20H27N3O3S2/c1-28-13-8-6-12(7-9-13)23-17-14(19(26)21-11-4-2-3-5-11)10-15(24)18(25)16(17)22-20(23)27/h6-9,11,14-18,24-25H,2-5,10H2,1H3,(H,21,26)(H,22,27)/t14-,15-,16-,17+,18+/m1/s1. The number of thioether (sulfide) groups is 1. The van der Waals surface area contributed by atoms with Gasteiger partial charge in [-0.1, -0.05) is 12.8 Å². The molecule has 3 aliphatic rings. The van der Waals surface area contributed by atoms with Crippen molar-refractivity contribution in [3.63, 3.8) is 0 Å². The van der Waals surface area contributed by atoms with Gasteiger partial charge in [-0.05, 0) is 62.0 Å². The number of anilines is 1. The van der Waals surface area contributed by atoms with Gasteiger partial charge in [-0.2, -0.15) is 0 Å². The first-order valence-electron chi connectivity index (χ1n) is 9.90. The summed E-state index contributed by atoms with van der Waals surface area (Å²) >= 11 is 7.22. The second kappa shape index (κ2) is 8.18. The zero-order valence-corrected chi connectivity index (χ0v) is 17.5. The molecular formula is C20H27N3O3S2. The number of nitrogens with zero attached hydrogens (tertiary/aromatic N) is 1. The van der Waals surface area contributed by atoms with Crippen LogP contribution in [0.1, 0.15) is 32.1 Å². The lowest BCUT2D eigenvalue weighted by Crippen LogP contribution is -2.61. The molecule has 3 fully saturated rings. The number of amides is 1. The molecule has 6 nitrogen and oxygen atoms in total. The molecule has 0 bridgehead atoms. The number of thiocarbonyl (C=S) groups is 1. The highest BCUT2D eigenvalue weighted by molar-refractivity contribution is 7.98. The van der Waals surface area contributed by atoms with Gasteiger partial charge in [0.25, 0.3) is 0 Å². The van der Waals surface area contributed by atoms with Crippen molar-refractivity contribution in [2.45, 2.75) is 67.3 Å². The molecule has 1 amide bonds. The topological polar surface area (TPSA) is 84.8 Å². The van der Waals surface area contributed by atoms with Crippen LogP contribution in [0.15, 0.2) is 29.2 Å². The largest absolute Gasteiger partial charge is 0.390 e. The van der Waals surface area contributed by atoms with Crippen molar-refractivity contribution in [1.29, 1.82) is 0 Å². The highest BCUT2D eigenvalue weighted by Crippen LogP contribution is 2.37. The monoisotopic (exact) mass is 421 g/mol. The maximum absolute atomic E-state index is 13.1. The van der Waals surface area contributed by atoms with E-state index in [1.54, 1.807) is 11.8 Å². The third-order valence-corrected chi connectivity index (χ3v) is 7.29. The molecule has 4 rings (SSSR count). The number of benzene rings is 1. The molecule has 2 saturated carbocycles. The summed E-state index contributed by atoms with van der Waals surface area (Å²) < 4.78 is 0. The average molecular weight is 422 g/mol. The van der Waals surface area contributed by atoms with Gasteiger partial charge in [-0.3, -0.25) is 4.79 Å². The van der Waals surface area contributed by atoms with Gasteiger partial charge in [-0.25, -0.2) is 0 Å². The van der Waals surface area contributed by atoms with Crippen molar-refractivity contribution in [1.82, 2.24) is 10.6 Å². The van der Waals surface area contributed by atoms with E-state index in [0.29, 0.717) is 5.11 Å². The molecule has 1 aromatic carbocycles. The van der Waals surface area contributed by atoms with Crippen LogP contribution in [0.25, 0.3) is 0 Å². The normalized spacial score (nSPS) is 32.9. The Bertz CT molecular complexity index is 739. The van der Waals surface area contributed by atoms with Crippen LogP contribution in [-0.4, -0.2) is 57.8 Å². The molecule has 2 aliphatic carbocycles. The van der Waals surface area contributed by atoms with Crippen LogP contribution in [0.4, 0.5) is 5.69 Å². The first-order chi connectivity index (χ1) is 13.5. The lowest BCUT2D eigenvalue weighted by atomic mass is 9.77. The first-order valence-corrected chi connectivity index (χ1v) is 11.5. The Hall–Kier alpha value is -1.35. The molecule has 152 valence electrons. The summed E-state index contributed by atoms with van der Waals surface area (Å²) in [6.07, 6.45) is 4.64. The van der Waals surface area contributed by atoms with Gasteiger partial charge in [0, 0.05) is 16.6 Å². The lowest BCUT2D eigenvalue weighted by Gasteiger charge is -2.41. The maximum atomic E-state index is 13.1. The number of carbonyl (C=O) groups excluding carboxylic acids is 1. The van der Waals surface area contributed by atoms with Gasteiger partial charge in [0.1, 0.15) is 6.10 Å². The Morgan fingerprint density at radius 2 is 1.93 bits per heavy atom. The molecule has 0 unspecified atom stereocenters. The number of aliphatic hydroxyl groups excluding tert-OH is 2. The van der Waals surface area contributed by atoms with E-state index in [4.69, 9.17) is 12.2 Å². The van der Waals surface area contributed by atoms with Gasteiger partial charge in [-0.15, -0.1) is 11.8 Å². The SMILES string of the molecule is CSc1ccc(N2C(=S)N[C@H]3[C@@H](O)[C@H](O)C[C@@H](C(=O)NC4CCCC4)[C@@H]32)cc1. The molecule has 1 heterocycles. The molecule has 4 N–H and O–H groups in total. The van der Waals surface area contributed by atoms with Crippen LogP contribution < -0.4 is 15.5 Å². The van der Waals surface area contributed by atoms with Gasteiger partial charge >= 0.3 is 0 Å². The third-order valence-electron chi connectivity index (χ3n) is 6.23. The van der Waals surface area contributed by atoms with Crippen LogP contribution in [-0.2, 0) is 4.79 Å². The number of aliphatic hydroxyl groups is 2. The number of rotatable bonds is 4. The summed E-state index contributed by atoms with van der Waals surface area (Å²) in [5.74, 6) is -0.498. The lowest BCUT2D eigenvalue weighted by molar-refractivity contribution is -0.131. The molecule has 28 heavy (non-hydrogen) atoms. The smallest absolute Gasteiger partial charge is 0.225 e. The molecule has 5 atom stereocenters. The minimum atomic E-state index is -0.964. The van der Waals surface area contributed by atoms with Gasteiger partial charge < -0.3 is 25.7 Å². The highest BCUT2D eigenvalue weighted by atomic mass is 32.2. The molecule has 0 radical (unpaired) electrons. The molecule has 1 aromatic rings. The van der Waals surface area contributed by atoms with Gasteiger partial charge in [0.05, 0.1) is 24.1 Å². The third kappa shape index (κ3) is 3.63. The van der Waals surface area contributed by atoms with Crippen LogP contribution in [0, 0.1) is 5.92 Å². The zero-order valence-electron chi connectivity index (χ0n) is 15.9. The Morgan fingerprint density at radius 3 is 2.57 bits per heavy atom. The Balaban J connectivity index is 1.63. The number of carbonyl (C=O) groups is 1. The number of hydrogen-bond acceptors (Lipinski definition) is 5. The predicted molar refractivity (Wildman–Crippen MR) is 115 cm³/mol. The fourth-order valence-corrected chi connectivity index (χ4v) is 5.53. The van der Waals surface area contributed by atoms with Crippen LogP contribution in [0.5, 0.6) is 0 Å². The van der Waals surface area contributed by atoms with Crippen molar-refractivity contribution in [2.24, 2.45) is 5.92 Å². The van der Waals surface area contributed by atoms with Crippen LogP contribution >= 0.6 is 24.0 Å². The van der Waals surface area contributed by atoms with E-state index in [1.807, 2.05) is 35.4 Å². The molecule has 0 spiro atoms. The molecule has 1 aliphatic heterocycles. The van der Waals surface area contributed by atoms with E-state index in [2.05, 4.69) is 10.6 Å². The predicted octanol–water partition coefficient (Wildman–Crippen LogP) is 1.64. The fourth-order valence-electron chi connectivity index (χ4n) is 4.76. The summed E-state index contributed by atoms with van der Waals surface area (Å²) in [4.78, 5) is 16.2. The quantitative estimate of drug-likeness (QED) is 0.434. The van der Waals surface area contributed by atoms with Crippen molar-refractivity contribution in [3.8, 4) is 0 Å². The second-order valence-corrected chi connectivity index (χ2v) is 9.19. The molecule has 8 heteroatoms. The van der Waals surface area contributed by atoms with Gasteiger partial charge in [0.2, 0.25) is 5.91 Å². The van der Waals surface area contributed by atoms with Crippen molar-refractivity contribution in [2.75, 3.05) is 11.2 Å². The van der Waals surface area contributed by atoms with Gasteiger partial charge in [0.15, 0.2) is 5.11 Å². The Kier molecular flexibility index (Phi) is 5.83. The Morgan fingerprint density at radius 1 is 1.25 bits per heavy atom. The zero-order chi connectivity index (χ0) is 19.8. The number of fused-ring (bicyclic) bond motifs is 1. The van der Waals surface area contributed by atoms with E-state index >= 15 is 0 Å². The van der Waals surface area contributed by atoms with E-state index < -0.39 is 24.2 Å². The summed E-state index contributed by atoms with van der Waals surface area (Å²) in [5.41, 5.74) is 0.894. The van der Waals surface area contributed by atoms with Crippen LogP contribution in [0.2, 0.25) is 0 Å². The summed E-state index contributed by atoms with van der Waals surface area (Å²) in [5, 5.41) is 27.8. The van der Waals surface area contributed by atoms with Crippen molar-refractivity contribution < 1.29 is 15.0 Å². The van der Waals surface area contributed by atoms with E-state index in [-0.39, 0.29) is 24.4 Å². The van der Waals surface area contributed by atoms with Crippen LogP contribution in [0.3, 0.4) is 0 Å². The summed E-state index contributed by atoms with van der Waals surface area (Å²) in [7, 11) is 0. The fraction of sp³-hybridized carbons (Fsp3) is 0.600. The average Bonchev–Trinajstić information content (AvgIpc) is 3.32. The van der Waals surface area contributed by atoms with E-state index in [9.17, 15) is 15.0 Å². The molecule has 1 saturated heterocycles. The van der Waals surface area contributed by atoms with Crippen molar-refractivity contribution in [3.05, 3.63) is 24.3 Å². The second-order valence-electron chi connectivity index (χ2n) is 7.92. The summed E-state index contributed by atoms with van der Waals surface area (Å²) in [6.45, 7) is 0. The first kappa shape index (κ1) is 19.9. The minimum absolute atomic E-state index is 0.0508. The van der Waals surface area contributed by atoms with E-state index in [0.717, 1.165) is 36.3 Å². The maximum Gasteiger partial charge on any atom is 0.225 e. The summed E-state index contributed by atoms with van der Waals surface area (Å²) in [6, 6.07) is 7.45. The minimum Gasteiger partial charge on any atom is -0.390 e. The van der Waals surface area contributed by atoms with E-state index in [1.165, 1.54) is 0 Å². The molecular weight excluding hydrogens is 394 g/mol. The molecule has 0 aromatic heterocycles. The number of nitrogens with one attached hydrogen (secondary N) is 2. The number of hydrogen-bond donors (Lipinski definition) is 4. The highest BCUT2D eigenvalue weighted by Gasteiger charge is 2.54. The van der Waals surface area contributed by atoms with Crippen molar-refractivity contribution >= 4 is 40.7 Å².